The highest BCUT2D eigenvalue weighted by Gasteiger charge is 2.21. The molecule has 3 rings (SSSR count). The molecule has 0 aromatic carbocycles. The first-order valence-corrected chi connectivity index (χ1v) is 8.64. The Kier molecular flexibility index (Phi) is 6.03. The lowest BCUT2D eigenvalue weighted by Crippen LogP contribution is -2.45. The van der Waals surface area contributed by atoms with Crippen molar-refractivity contribution in [2.75, 3.05) is 26.2 Å². The number of carbonyl (C=O) groups is 1. The summed E-state index contributed by atoms with van der Waals surface area (Å²) in [6, 6.07) is 5.74. The first kappa shape index (κ1) is 17.4. The van der Waals surface area contributed by atoms with Gasteiger partial charge in [-0.3, -0.25) is 14.7 Å². The van der Waals surface area contributed by atoms with Crippen molar-refractivity contribution >= 4 is 5.91 Å². The summed E-state index contributed by atoms with van der Waals surface area (Å²) in [5, 5.41) is 12.3. The molecule has 0 radical (unpaired) electrons. The molecule has 0 spiro atoms. The molecule has 3 heterocycles. The van der Waals surface area contributed by atoms with Crippen LogP contribution in [-0.2, 0) is 0 Å². The van der Waals surface area contributed by atoms with E-state index in [-0.39, 0.29) is 18.6 Å². The zero-order valence-electron chi connectivity index (χ0n) is 14.1. The maximum atomic E-state index is 12.2. The van der Waals surface area contributed by atoms with Gasteiger partial charge in [-0.1, -0.05) is 12.5 Å². The number of likely N-dealkylation sites (tertiary alicyclic amines) is 1. The van der Waals surface area contributed by atoms with Crippen molar-refractivity contribution in [1.82, 2.24) is 25.2 Å². The second-order valence-electron chi connectivity index (χ2n) is 6.13. The van der Waals surface area contributed by atoms with Crippen LogP contribution < -0.4 is 5.32 Å². The number of rotatable bonds is 6. The number of carbonyl (C=O) groups excluding carboxylic acids is 1. The molecule has 1 amide bonds. The topological polar surface area (TPSA) is 91.2 Å². The van der Waals surface area contributed by atoms with Crippen LogP contribution in [0.2, 0.25) is 0 Å². The summed E-state index contributed by atoms with van der Waals surface area (Å²) in [5.74, 6) is 0.307. The van der Waals surface area contributed by atoms with Crippen LogP contribution in [0.4, 0.5) is 0 Å². The Hall–Kier alpha value is -2.38. The minimum absolute atomic E-state index is 0.177. The predicted octanol–water partition coefficient (Wildman–Crippen LogP) is 1.12. The van der Waals surface area contributed by atoms with Crippen LogP contribution in [-0.4, -0.2) is 63.1 Å². The van der Waals surface area contributed by atoms with Gasteiger partial charge in [0.25, 0.3) is 5.91 Å². The van der Waals surface area contributed by atoms with E-state index in [0.717, 1.165) is 32.4 Å². The van der Waals surface area contributed by atoms with E-state index in [4.69, 9.17) is 0 Å². The van der Waals surface area contributed by atoms with E-state index in [1.54, 1.807) is 6.20 Å². The molecule has 1 saturated heterocycles. The largest absolute Gasteiger partial charge is 0.395 e. The van der Waals surface area contributed by atoms with E-state index in [0.29, 0.717) is 23.6 Å². The van der Waals surface area contributed by atoms with Gasteiger partial charge in [0, 0.05) is 37.7 Å². The number of piperidine rings is 1. The van der Waals surface area contributed by atoms with Crippen molar-refractivity contribution in [3.63, 3.8) is 0 Å². The second kappa shape index (κ2) is 8.64. The number of nitrogens with zero attached hydrogens (tertiary/aromatic N) is 4. The molecule has 2 aromatic heterocycles. The van der Waals surface area contributed by atoms with E-state index in [9.17, 15) is 9.90 Å². The molecule has 1 atom stereocenters. The first-order valence-electron chi connectivity index (χ1n) is 8.64. The van der Waals surface area contributed by atoms with Gasteiger partial charge in [-0.2, -0.15) is 0 Å². The molecule has 7 nitrogen and oxygen atoms in total. The summed E-state index contributed by atoms with van der Waals surface area (Å²) in [7, 11) is 0. The van der Waals surface area contributed by atoms with Gasteiger partial charge in [-0.25, -0.2) is 9.97 Å². The SMILES string of the molecule is O=C(NCCN1CCCCC1CO)c1cnc(-c2ccccn2)nc1. The van der Waals surface area contributed by atoms with Crippen LogP contribution in [0.15, 0.2) is 36.8 Å². The molecule has 2 aromatic rings. The van der Waals surface area contributed by atoms with Crippen molar-refractivity contribution in [1.29, 1.82) is 0 Å². The van der Waals surface area contributed by atoms with Gasteiger partial charge in [-0.15, -0.1) is 0 Å². The highest BCUT2D eigenvalue weighted by molar-refractivity contribution is 5.93. The molecule has 7 heteroatoms. The lowest BCUT2D eigenvalue weighted by Gasteiger charge is -2.34. The molecule has 0 saturated carbocycles. The lowest BCUT2D eigenvalue weighted by molar-refractivity contribution is 0.0849. The van der Waals surface area contributed by atoms with Crippen molar-refractivity contribution in [2.45, 2.75) is 25.3 Å². The van der Waals surface area contributed by atoms with Gasteiger partial charge in [0.15, 0.2) is 5.82 Å². The predicted molar refractivity (Wildman–Crippen MR) is 93.9 cm³/mol. The van der Waals surface area contributed by atoms with Crippen LogP contribution >= 0.6 is 0 Å². The summed E-state index contributed by atoms with van der Waals surface area (Å²) in [5.41, 5.74) is 1.10. The molecule has 0 bridgehead atoms. The molecule has 1 aliphatic rings. The Bertz CT molecular complexity index is 678. The van der Waals surface area contributed by atoms with E-state index < -0.39 is 0 Å². The van der Waals surface area contributed by atoms with Gasteiger partial charge < -0.3 is 10.4 Å². The molecule has 1 aliphatic heterocycles. The van der Waals surface area contributed by atoms with Crippen LogP contribution in [0.5, 0.6) is 0 Å². The summed E-state index contributed by atoms with van der Waals surface area (Å²) in [6.07, 6.45) is 8.04. The summed E-state index contributed by atoms with van der Waals surface area (Å²) in [4.78, 5) is 27.1. The van der Waals surface area contributed by atoms with Crippen LogP contribution in [0, 0.1) is 0 Å². The van der Waals surface area contributed by atoms with Gasteiger partial charge in [0.1, 0.15) is 5.69 Å². The Morgan fingerprint density at radius 3 is 2.80 bits per heavy atom. The fourth-order valence-electron chi connectivity index (χ4n) is 3.05. The molecule has 2 N–H and O–H groups in total. The van der Waals surface area contributed by atoms with Gasteiger partial charge in [0.2, 0.25) is 0 Å². The number of amides is 1. The van der Waals surface area contributed by atoms with Gasteiger partial charge in [-0.05, 0) is 31.5 Å². The molecular formula is C18H23N5O2. The minimum atomic E-state index is -0.190. The number of pyridine rings is 1. The maximum absolute atomic E-state index is 12.2. The third-order valence-electron chi connectivity index (χ3n) is 4.45. The highest BCUT2D eigenvalue weighted by atomic mass is 16.3. The van der Waals surface area contributed by atoms with E-state index in [1.807, 2.05) is 18.2 Å². The highest BCUT2D eigenvalue weighted by Crippen LogP contribution is 2.15. The van der Waals surface area contributed by atoms with Crippen molar-refractivity contribution < 1.29 is 9.90 Å². The van der Waals surface area contributed by atoms with Crippen LogP contribution in [0.3, 0.4) is 0 Å². The summed E-state index contributed by atoms with van der Waals surface area (Å²) >= 11 is 0. The van der Waals surface area contributed by atoms with Crippen molar-refractivity contribution in [3.8, 4) is 11.5 Å². The Morgan fingerprint density at radius 2 is 2.08 bits per heavy atom. The standard InChI is InChI=1S/C18H23N5O2/c24-13-15-5-2-4-9-23(15)10-8-20-18(25)14-11-21-17(22-12-14)16-6-1-3-7-19-16/h1,3,6-7,11-12,15,24H,2,4-5,8-10,13H2,(H,20,25). The molecule has 1 unspecified atom stereocenters. The Balaban J connectivity index is 1.51. The average Bonchev–Trinajstić information content (AvgIpc) is 2.69. The lowest BCUT2D eigenvalue weighted by atomic mass is 10.0. The minimum Gasteiger partial charge on any atom is -0.395 e. The normalized spacial score (nSPS) is 18.0. The first-order chi connectivity index (χ1) is 12.3. The number of hydrogen-bond donors (Lipinski definition) is 2. The zero-order valence-corrected chi connectivity index (χ0v) is 14.1. The number of aromatic nitrogens is 3. The van der Waals surface area contributed by atoms with Gasteiger partial charge >= 0.3 is 0 Å². The van der Waals surface area contributed by atoms with E-state index >= 15 is 0 Å². The second-order valence-corrected chi connectivity index (χ2v) is 6.13. The maximum Gasteiger partial charge on any atom is 0.254 e. The fraction of sp³-hybridized carbons (Fsp3) is 0.444. The Morgan fingerprint density at radius 1 is 1.24 bits per heavy atom. The van der Waals surface area contributed by atoms with Crippen LogP contribution in [0.25, 0.3) is 11.5 Å². The molecule has 132 valence electrons. The van der Waals surface area contributed by atoms with E-state index in [2.05, 4.69) is 25.2 Å². The number of nitrogens with one attached hydrogen (secondary N) is 1. The molecule has 0 aliphatic carbocycles. The molecular weight excluding hydrogens is 318 g/mol. The average molecular weight is 341 g/mol. The number of aliphatic hydroxyl groups excluding tert-OH is 1. The summed E-state index contributed by atoms with van der Waals surface area (Å²) in [6.45, 7) is 2.43. The van der Waals surface area contributed by atoms with E-state index in [1.165, 1.54) is 12.4 Å². The summed E-state index contributed by atoms with van der Waals surface area (Å²) < 4.78 is 0. The third-order valence-corrected chi connectivity index (χ3v) is 4.45. The monoisotopic (exact) mass is 341 g/mol. The van der Waals surface area contributed by atoms with Gasteiger partial charge in [0.05, 0.1) is 12.2 Å². The quantitative estimate of drug-likeness (QED) is 0.818. The molecule has 1 fully saturated rings. The van der Waals surface area contributed by atoms with Crippen molar-refractivity contribution in [3.05, 3.63) is 42.4 Å². The Labute approximate surface area is 147 Å². The fourth-order valence-corrected chi connectivity index (χ4v) is 3.05. The van der Waals surface area contributed by atoms with Crippen LogP contribution in [0.1, 0.15) is 29.6 Å². The number of aliphatic hydroxyl groups is 1. The molecule has 25 heavy (non-hydrogen) atoms. The smallest absolute Gasteiger partial charge is 0.254 e. The zero-order chi connectivity index (χ0) is 17.5. The van der Waals surface area contributed by atoms with Crippen molar-refractivity contribution in [2.24, 2.45) is 0 Å². The third kappa shape index (κ3) is 4.58. The number of hydrogen-bond acceptors (Lipinski definition) is 6.